The molecule has 0 atom stereocenters. The molecule has 0 bridgehead atoms. The van der Waals surface area contributed by atoms with Crippen molar-refractivity contribution in [1.29, 1.82) is 0 Å². The predicted octanol–water partition coefficient (Wildman–Crippen LogP) is 2.53. The Morgan fingerprint density at radius 1 is 1.64 bits per heavy atom. The first-order valence-electron chi connectivity index (χ1n) is 3.37. The highest BCUT2D eigenvalue weighted by Gasteiger charge is 2.22. The van der Waals surface area contributed by atoms with E-state index in [1.165, 1.54) is 6.07 Å². The molecule has 0 aromatic carbocycles. The second kappa shape index (κ2) is 4.18. The van der Waals surface area contributed by atoms with Crippen LogP contribution in [0.5, 0.6) is 0 Å². The molecule has 0 saturated carbocycles. The Bertz CT molecular complexity index is 386. The van der Waals surface area contributed by atoms with Gasteiger partial charge in [0.2, 0.25) is 0 Å². The van der Waals surface area contributed by atoms with Crippen LogP contribution in [0.3, 0.4) is 0 Å². The van der Waals surface area contributed by atoms with Crippen molar-refractivity contribution in [1.82, 2.24) is 4.98 Å². The van der Waals surface area contributed by atoms with Gasteiger partial charge in [-0.1, -0.05) is 11.6 Å². The third-order valence-corrected chi connectivity index (χ3v) is 2.13. The molecule has 1 amide bonds. The molecule has 0 unspecified atom stereocenters. The quantitative estimate of drug-likeness (QED) is 0.849. The van der Waals surface area contributed by atoms with E-state index >= 15 is 0 Å². The Morgan fingerprint density at radius 3 is 2.64 bits per heavy atom. The summed E-state index contributed by atoms with van der Waals surface area (Å²) in [5.74, 6) is -1.02. The summed E-state index contributed by atoms with van der Waals surface area (Å²) in [6.07, 6.45) is -2.90. The molecule has 1 rings (SSSR count). The molecule has 0 fully saturated rings. The second-order valence-electron chi connectivity index (χ2n) is 2.35. The van der Waals surface area contributed by atoms with Crippen molar-refractivity contribution < 1.29 is 13.6 Å². The molecule has 7 heteroatoms. The lowest BCUT2D eigenvalue weighted by molar-refractivity contribution is 0.0983. The van der Waals surface area contributed by atoms with Crippen molar-refractivity contribution in [3.8, 4) is 0 Å². The molecule has 1 aromatic rings. The minimum atomic E-state index is -2.90. The van der Waals surface area contributed by atoms with Gasteiger partial charge in [-0.15, -0.1) is 0 Å². The zero-order valence-electron chi connectivity index (χ0n) is 6.60. The average Bonchev–Trinajstić information content (AvgIpc) is 2.01. The first-order chi connectivity index (χ1) is 6.43. The van der Waals surface area contributed by atoms with Crippen molar-refractivity contribution in [3.05, 3.63) is 26.9 Å². The van der Waals surface area contributed by atoms with Crippen LogP contribution in [0.15, 0.2) is 10.7 Å². The molecule has 1 heterocycles. The lowest BCUT2D eigenvalue weighted by atomic mass is 10.2. The maximum atomic E-state index is 12.4. The number of rotatable bonds is 2. The van der Waals surface area contributed by atoms with Crippen molar-refractivity contribution >= 4 is 33.4 Å². The maximum absolute atomic E-state index is 12.4. The fraction of sp³-hybridized carbons (Fsp3) is 0.143. The van der Waals surface area contributed by atoms with Gasteiger partial charge in [-0.2, -0.15) is 0 Å². The predicted molar refractivity (Wildman–Crippen MR) is 50.4 cm³/mol. The topological polar surface area (TPSA) is 56.0 Å². The van der Waals surface area contributed by atoms with Crippen molar-refractivity contribution in [2.45, 2.75) is 6.43 Å². The molecule has 14 heavy (non-hydrogen) atoms. The zero-order valence-corrected chi connectivity index (χ0v) is 8.94. The summed E-state index contributed by atoms with van der Waals surface area (Å²) in [6, 6.07) is 1.23. The normalized spacial score (nSPS) is 10.6. The standard InChI is InChI=1S/C7H4BrClF2N2O/c8-3-1-2(9)4(7(12)14)5(13-3)6(10)11/h1,6H,(H2,12,14). The molecular weight excluding hydrogens is 281 g/mol. The average molecular weight is 285 g/mol. The van der Waals surface area contributed by atoms with Gasteiger partial charge in [-0.05, 0) is 22.0 Å². The van der Waals surface area contributed by atoms with Crippen LogP contribution in [-0.2, 0) is 0 Å². The van der Waals surface area contributed by atoms with Crippen molar-refractivity contribution in [2.75, 3.05) is 0 Å². The van der Waals surface area contributed by atoms with Gasteiger partial charge >= 0.3 is 0 Å². The summed E-state index contributed by atoms with van der Waals surface area (Å²) in [5, 5.41) is -0.144. The van der Waals surface area contributed by atoms with Gasteiger partial charge in [0, 0.05) is 0 Å². The summed E-state index contributed by atoms with van der Waals surface area (Å²) >= 11 is 8.45. The molecule has 0 radical (unpaired) electrons. The molecule has 0 aliphatic rings. The van der Waals surface area contributed by atoms with E-state index in [-0.39, 0.29) is 9.63 Å². The number of nitrogens with zero attached hydrogens (tertiary/aromatic N) is 1. The summed E-state index contributed by atoms with van der Waals surface area (Å²) in [7, 11) is 0. The molecule has 2 N–H and O–H groups in total. The number of pyridine rings is 1. The molecule has 0 aliphatic heterocycles. The van der Waals surface area contributed by atoms with E-state index in [0.717, 1.165) is 0 Å². The van der Waals surface area contributed by atoms with E-state index < -0.39 is 23.6 Å². The molecule has 3 nitrogen and oxygen atoms in total. The minimum absolute atomic E-state index is 0.128. The number of carbonyl (C=O) groups is 1. The zero-order chi connectivity index (χ0) is 10.9. The molecule has 0 spiro atoms. The van der Waals surface area contributed by atoms with Crippen LogP contribution in [0.2, 0.25) is 5.02 Å². The fourth-order valence-electron chi connectivity index (χ4n) is 0.904. The Balaban J connectivity index is 3.44. The van der Waals surface area contributed by atoms with Crippen molar-refractivity contribution in [3.63, 3.8) is 0 Å². The van der Waals surface area contributed by atoms with Crippen LogP contribution in [0, 0.1) is 0 Å². The third kappa shape index (κ3) is 2.19. The van der Waals surface area contributed by atoms with Gasteiger partial charge in [-0.3, -0.25) is 4.79 Å². The largest absolute Gasteiger partial charge is 0.365 e. The van der Waals surface area contributed by atoms with E-state index in [1.807, 2.05) is 0 Å². The van der Waals surface area contributed by atoms with E-state index in [9.17, 15) is 13.6 Å². The van der Waals surface area contributed by atoms with Crippen LogP contribution in [0.1, 0.15) is 22.5 Å². The number of nitrogens with two attached hydrogens (primary N) is 1. The summed E-state index contributed by atoms with van der Waals surface area (Å²) in [4.78, 5) is 14.2. The SMILES string of the molecule is NC(=O)c1c(Cl)cc(Br)nc1C(F)F. The van der Waals surface area contributed by atoms with Gasteiger partial charge in [0.1, 0.15) is 10.3 Å². The first kappa shape index (κ1) is 11.3. The van der Waals surface area contributed by atoms with Gasteiger partial charge < -0.3 is 5.73 Å². The number of hydrogen-bond donors (Lipinski definition) is 1. The van der Waals surface area contributed by atoms with Gasteiger partial charge in [0.25, 0.3) is 12.3 Å². The molecule has 0 saturated heterocycles. The Labute approximate surface area is 91.4 Å². The van der Waals surface area contributed by atoms with E-state index in [0.29, 0.717) is 0 Å². The lowest BCUT2D eigenvalue weighted by Crippen LogP contribution is -2.16. The molecule has 0 aliphatic carbocycles. The monoisotopic (exact) mass is 284 g/mol. The summed E-state index contributed by atoms with van der Waals surface area (Å²) in [6.45, 7) is 0. The Kier molecular flexibility index (Phi) is 3.38. The number of alkyl halides is 2. The second-order valence-corrected chi connectivity index (χ2v) is 3.57. The number of aromatic nitrogens is 1. The molecule has 1 aromatic heterocycles. The minimum Gasteiger partial charge on any atom is -0.365 e. The van der Waals surface area contributed by atoms with Crippen LogP contribution in [0.25, 0.3) is 0 Å². The highest BCUT2D eigenvalue weighted by molar-refractivity contribution is 9.10. The van der Waals surface area contributed by atoms with Crippen LogP contribution >= 0.6 is 27.5 Å². The number of primary amides is 1. The number of amides is 1. The number of hydrogen-bond acceptors (Lipinski definition) is 2. The number of carbonyl (C=O) groups excluding carboxylic acids is 1. The van der Waals surface area contributed by atoms with Crippen LogP contribution < -0.4 is 5.73 Å². The van der Waals surface area contributed by atoms with Gasteiger partial charge in [0.05, 0.1) is 10.6 Å². The fourth-order valence-corrected chi connectivity index (χ4v) is 1.75. The van der Waals surface area contributed by atoms with Gasteiger partial charge in [-0.25, -0.2) is 13.8 Å². The van der Waals surface area contributed by atoms with Gasteiger partial charge in [0.15, 0.2) is 0 Å². The Hall–Kier alpha value is -0.750. The summed E-state index contributed by atoms with van der Waals surface area (Å²) in [5.41, 5.74) is 3.74. The maximum Gasteiger partial charge on any atom is 0.281 e. The molecular formula is C7H4BrClF2N2O. The third-order valence-electron chi connectivity index (χ3n) is 1.42. The first-order valence-corrected chi connectivity index (χ1v) is 4.54. The smallest absolute Gasteiger partial charge is 0.281 e. The van der Waals surface area contributed by atoms with E-state index in [1.54, 1.807) is 0 Å². The van der Waals surface area contributed by atoms with E-state index in [4.69, 9.17) is 17.3 Å². The Morgan fingerprint density at radius 2 is 2.21 bits per heavy atom. The molecule has 76 valence electrons. The lowest BCUT2D eigenvalue weighted by Gasteiger charge is -2.07. The van der Waals surface area contributed by atoms with Crippen LogP contribution in [0.4, 0.5) is 8.78 Å². The number of halogens is 4. The van der Waals surface area contributed by atoms with Crippen molar-refractivity contribution in [2.24, 2.45) is 5.73 Å². The highest BCUT2D eigenvalue weighted by Crippen LogP contribution is 2.28. The van der Waals surface area contributed by atoms with Crippen LogP contribution in [-0.4, -0.2) is 10.9 Å². The highest BCUT2D eigenvalue weighted by atomic mass is 79.9. The van der Waals surface area contributed by atoms with E-state index in [2.05, 4.69) is 20.9 Å². The summed E-state index contributed by atoms with van der Waals surface area (Å²) < 4.78 is 24.9.